The van der Waals surface area contributed by atoms with E-state index in [9.17, 15) is 9.90 Å². The fourth-order valence-electron chi connectivity index (χ4n) is 4.10. The molecular formula is C15H26N2O3. The summed E-state index contributed by atoms with van der Waals surface area (Å²) >= 11 is 0. The summed E-state index contributed by atoms with van der Waals surface area (Å²) in [6.45, 7) is 4.55. The molecule has 0 unspecified atom stereocenters. The highest BCUT2D eigenvalue weighted by Gasteiger charge is 2.45. The molecule has 3 aliphatic rings. The van der Waals surface area contributed by atoms with Crippen molar-refractivity contribution in [1.82, 2.24) is 10.2 Å². The summed E-state index contributed by atoms with van der Waals surface area (Å²) in [7, 11) is 0. The van der Waals surface area contributed by atoms with Gasteiger partial charge in [-0.3, -0.25) is 0 Å². The third kappa shape index (κ3) is 2.66. The van der Waals surface area contributed by atoms with Crippen LogP contribution in [0.4, 0.5) is 4.79 Å². The van der Waals surface area contributed by atoms with Crippen molar-refractivity contribution in [2.75, 3.05) is 26.3 Å². The summed E-state index contributed by atoms with van der Waals surface area (Å²) in [6.07, 6.45) is 6.28. The quantitative estimate of drug-likeness (QED) is 0.766. The predicted octanol–water partition coefficient (Wildman–Crippen LogP) is 1.50. The van der Waals surface area contributed by atoms with Crippen molar-refractivity contribution in [3.63, 3.8) is 0 Å². The average molecular weight is 282 g/mol. The molecule has 2 saturated heterocycles. The van der Waals surface area contributed by atoms with Crippen LogP contribution in [0.2, 0.25) is 0 Å². The molecule has 20 heavy (non-hydrogen) atoms. The Morgan fingerprint density at radius 1 is 1.30 bits per heavy atom. The number of β-amino-alcohol motifs (C(OH)–C–C–N with tert-alkyl or cyclic N) is 1. The van der Waals surface area contributed by atoms with Crippen molar-refractivity contribution < 1.29 is 14.6 Å². The minimum atomic E-state index is -0.719. The standard InChI is InChI=1S/C15H26N2O3/c1-14(19)5-8-17(11-14)13(18)16-12-3-2-4-15(12)6-9-20-10-7-15/h12,19H,2-11H2,1H3,(H,16,18)/t12-,14+/m1/s1. The monoisotopic (exact) mass is 282 g/mol. The molecule has 2 amide bonds. The summed E-state index contributed by atoms with van der Waals surface area (Å²) in [5, 5.41) is 13.2. The van der Waals surface area contributed by atoms with Crippen molar-refractivity contribution in [1.29, 1.82) is 0 Å². The molecular weight excluding hydrogens is 256 g/mol. The van der Waals surface area contributed by atoms with Crippen LogP contribution >= 0.6 is 0 Å². The molecule has 2 heterocycles. The molecule has 5 heteroatoms. The summed E-state index contributed by atoms with van der Waals surface area (Å²) in [5.74, 6) is 0. The van der Waals surface area contributed by atoms with Gasteiger partial charge in [-0.05, 0) is 44.4 Å². The van der Waals surface area contributed by atoms with E-state index in [4.69, 9.17) is 4.74 Å². The van der Waals surface area contributed by atoms with Crippen molar-refractivity contribution >= 4 is 6.03 Å². The normalized spacial score (nSPS) is 36.5. The third-order valence-corrected chi connectivity index (χ3v) is 5.43. The van der Waals surface area contributed by atoms with E-state index in [1.165, 1.54) is 12.8 Å². The van der Waals surface area contributed by atoms with E-state index in [0.717, 1.165) is 32.5 Å². The fraction of sp³-hybridized carbons (Fsp3) is 0.933. The first-order chi connectivity index (χ1) is 9.51. The predicted molar refractivity (Wildman–Crippen MR) is 75.5 cm³/mol. The molecule has 3 fully saturated rings. The highest BCUT2D eigenvalue weighted by molar-refractivity contribution is 5.75. The van der Waals surface area contributed by atoms with Crippen molar-refractivity contribution in [2.45, 2.75) is 57.1 Å². The number of hydrogen-bond donors (Lipinski definition) is 2. The number of nitrogens with zero attached hydrogens (tertiary/aromatic N) is 1. The molecule has 0 radical (unpaired) electrons. The summed E-state index contributed by atoms with van der Waals surface area (Å²) in [5.41, 5.74) is -0.459. The molecule has 3 rings (SSSR count). The Hall–Kier alpha value is -0.810. The number of nitrogens with one attached hydrogen (secondary N) is 1. The number of carbonyl (C=O) groups excluding carboxylic acids is 1. The lowest BCUT2D eigenvalue weighted by molar-refractivity contribution is 0.00535. The van der Waals surface area contributed by atoms with Crippen LogP contribution in [0.5, 0.6) is 0 Å². The number of urea groups is 1. The van der Waals surface area contributed by atoms with Gasteiger partial charge in [0.1, 0.15) is 0 Å². The number of hydrogen-bond acceptors (Lipinski definition) is 3. The second-order valence-electron chi connectivity index (χ2n) is 7.04. The molecule has 0 aromatic heterocycles. The third-order valence-electron chi connectivity index (χ3n) is 5.43. The molecule has 2 N–H and O–H groups in total. The zero-order chi connectivity index (χ0) is 14.2. The fourth-order valence-corrected chi connectivity index (χ4v) is 4.10. The zero-order valence-electron chi connectivity index (χ0n) is 12.4. The number of rotatable bonds is 1. The van der Waals surface area contributed by atoms with Crippen LogP contribution in [-0.4, -0.2) is 54.0 Å². The zero-order valence-corrected chi connectivity index (χ0v) is 12.4. The van der Waals surface area contributed by atoms with Gasteiger partial charge in [0.05, 0.1) is 12.1 Å². The summed E-state index contributed by atoms with van der Waals surface area (Å²) in [4.78, 5) is 14.1. The lowest BCUT2D eigenvalue weighted by Crippen LogP contribution is -2.51. The van der Waals surface area contributed by atoms with Crippen molar-refractivity contribution in [3.8, 4) is 0 Å². The minimum absolute atomic E-state index is 0.000502. The number of ether oxygens (including phenoxy) is 1. The van der Waals surface area contributed by atoms with Crippen molar-refractivity contribution in [3.05, 3.63) is 0 Å². The van der Waals surface area contributed by atoms with Gasteiger partial charge >= 0.3 is 6.03 Å². The Labute approximate surface area is 120 Å². The number of aliphatic hydroxyl groups is 1. The van der Waals surface area contributed by atoms with Crippen LogP contribution in [0.15, 0.2) is 0 Å². The first-order valence-electron chi connectivity index (χ1n) is 7.86. The van der Waals surface area contributed by atoms with Gasteiger partial charge in [0.15, 0.2) is 0 Å². The maximum absolute atomic E-state index is 12.4. The molecule has 2 aliphatic heterocycles. The van der Waals surface area contributed by atoms with E-state index < -0.39 is 5.60 Å². The molecule has 0 aromatic rings. The van der Waals surface area contributed by atoms with Crippen LogP contribution in [0, 0.1) is 5.41 Å². The van der Waals surface area contributed by atoms with E-state index in [1.807, 2.05) is 0 Å². The van der Waals surface area contributed by atoms with E-state index in [1.54, 1.807) is 11.8 Å². The number of likely N-dealkylation sites (tertiary alicyclic amines) is 1. The maximum atomic E-state index is 12.4. The van der Waals surface area contributed by atoms with Gasteiger partial charge in [-0.25, -0.2) is 4.79 Å². The van der Waals surface area contributed by atoms with Gasteiger partial charge in [-0.2, -0.15) is 0 Å². The smallest absolute Gasteiger partial charge is 0.317 e. The molecule has 2 atom stereocenters. The lowest BCUT2D eigenvalue weighted by Gasteiger charge is -2.39. The summed E-state index contributed by atoms with van der Waals surface area (Å²) in [6, 6.07) is 0.282. The summed E-state index contributed by atoms with van der Waals surface area (Å²) < 4.78 is 5.48. The van der Waals surface area contributed by atoms with Crippen LogP contribution in [0.3, 0.4) is 0 Å². The molecule has 1 aliphatic carbocycles. The Kier molecular flexibility index (Phi) is 3.67. The molecule has 5 nitrogen and oxygen atoms in total. The van der Waals surface area contributed by atoms with Crippen LogP contribution < -0.4 is 5.32 Å². The Morgan fingerprint density at radius 2 is 2.05 bits per heavy atom. The Morgan fingerprint density at radius 3 is 2.70 bits per heavy atom. The van der Waals surface area contributed by atoms with E-state index in [-0.39, 0.29) is 17.5 Å². The van der Waals surface area contributed by atoms with Crippen LogP contribution in [0.1, 0.15) is 45.4 Å². The van der Waals surface area contributed by atoms with E-state index in [0.29, 0.717) is 19.5 Å². The molecule has 1 saturated carbocycles. The van der Waals surface area contributed by atoms with Crippen molar-refractivity contribution in [2.24, 2.45) is 5.41 Å². The maximum Gasteiger partial charge on any atom is 0.317 e. The van der Waals surface area contributed by atoms with E-state index >= 15 is 0 Å². The molecule has 1 spiro atoms. The highest BCUT2D eigenvalue weighted by Crippen LogP contribution is 2.46. The SMILES string of the molecule is C[C@]1(O)CCN(C(=O)N[C@@H]2CCCC23CCOCC3)C1. The van der Waals surface area contributed by atoms with Gasteiger partial charge in [0.2, 0.25) is 0 Å². The minimum Gasteiger partial charge on any atom is -0.388 e. The van der Waals surface area contributed by atoms with Gasteiger partial charge < -0.3 is 20.1 Å². The molecule has 0 aromatic carbocycles. The molecule has 0 bridgehead atoms. The Balaban J connectivity index is 1.61. The second kappa shape index (κ2) is 5.19. The van der Waals surface area contributed by atoms with Gasteiger partial charge in [-0.1, -0.05) is 6.42 Å². The topological polar surface area (TPSA) is 61.8 Å². The first-order valence-corrected chi connectivity index (χ1v) is 7.86. The first kappa shape index (κ1) is 14.1. The largest absolute Gasteiger partial charge is 0.388 e. The number of carbonyl (C=O) groups is 1. The second-order valence-corrected chi connectivity index (χ2v) is 7.04. The average Bonchev–Trinajstić information content (AvgIpc) is 2.95. The highest BCUT2D eigenvalue weighted by atomic mass is 16.5. The number of amides is 2. The van der Waals surface area contributed by atoms with Gasteiger partial charge in [0.25, 0.3) is 0 Å². The Bertz CT molecular complexity index is 377. The van der Waals surface area contributed by atoms with E-state index in [2.05, 4.69) is 5.32 Å². The van der Waals surface area contributed by atoms with Crippen LogP contribution in [0.25, 0.3) is 0 Å². The van der Waals surface area contributed by atoms with Crippen LogP contribution in [-0.2, 0) is 4.74 Å². The lowest BCUT2D eigenvalue weighted by atomic mass is 9.75. The van der Waals surface area contributed by atoms with Gasteiger partial charge in [0, 0.05) is 25.8 Å². The molecule has 114 valence electrons. The van der Waals surface area contributed by atoms with Gasteiger partial charge in [-0.15, -0.1) is 0 Å².